The van der Waals surface area contributed by atoms with Crippen molar-refractivity contribution in [3.05, 3.63) is 65.7 Å². The molecule has 0 saturated carbocycles. The van der Waals surface area contributed by atoms with E-state index in [0.29, 0.717) is 5.90 Å². The molecule has 2 aromatic carbocycles. The number of ether oxygens (including phenoxy) is 1. The molecule has 2 unspecified atom stereocenters. The second kappa shape index (κ2) is 5.50. The summed E-state index contributed by atoms with van der Waals surface area (Å²) < 4.78 is 5.92. The van der Waals surface area contributed by atoms with Crippen LogP contribution in [0.15, 0.2) is 64.6 Å². The molecule has 0 aromatic heterocycles. The summed E-state index contributed by atoms with van der Waals surface area (Å²) in [4.78, 5) is 9.17. The van der Waals surface area contributed by atoms with Gasteiger partial charge in [0.25, 0.3) is 0 Å². The summed E-state index contributed by atoms with van der Waals surface area (Å²) in [7, 11) is 0. The first-order chi connectivity index (χ1) is 10.8. The molecule has 2 heterocycles. The van der Waals surface area contributed by atoms with Gasteiger partial charge in [0.15, 0.2) is 16.8 Å². The van der Waals surface area contributed by atoms with Crippen LogP contribution in [0.3, 0.4) is 0 Å². The highest BCUT2D eigenvalue weighted by atomic mass is 32.2. The normalized spacial score (nSPS) is 22.6. The van der Waals surface area contributed by atoms with Gasteiger partial charge < -0.3 is 10.1 Å². The largest absolute Gasteiger partial charge is 0.458 e. The molecule has 5 heteroatoms. The van der Waals surface area contributed by atoms with Gasteiger partial charge in [-0.05, 0) is 43.0 Å². The number of fused-ring (bicyclic) bond motifs is 1. The fraction of sp³-hybridized carbons (Fsp3) is 0.176. The van der Waals surface area contributed by atoms with Crippen LogP contribution in [0.1, 0.15) is 11.1 Å². The number of nitrogens with zero attached hydrogens (tertiary/aromatic N) is 2. The molecular weight excluding hydrogens is 294 g/mol. The third kappa shape index (κ3) is 2.60. The topological polar surface area (TPSA) is 46.0 Å². The lowest BCUT2D eigenvalue weighted by molar-refractivity contribution is 0.289. The molecular formula is C17H15N3OS. The number of aryl methyl sites for hydroxylation is 1. The van der Waals surface area contributed by atoms with E-state index < -0.39 is 0 Å². The van der Waals surface area contributed by atoms with Gasteiger partial charge in [0.05, 0.1) is 0 Å². The van der Waals surface area contributed by atoms with Crippen molar-refractivity contribution in [2.45, 2.75) is 18.5 Å². The number of anilines is 1. The monoisotopic (exact) mass is 309 g/mol. The molecule has 2 aliphatic heterocycles. The third-order valence-corrected chi connectivity index (χ3v) is 4.52. The van der Waals surface area contributed by atoms with Gasteiger partial charge in [0, 0.05) is 11.3 Å². The Balaban J connectivity index is 1.49. The Morgan fingerprint density at radius 3 is 2.50 bits per heavy atom. The van der Waals surface area contributed by atoms with Gasteiger partial charge in [-0.2, -0.15) is 0 Å². The predicted octanol–water partition coefficient (Wildman–Crippen LogP) is 3.64. The third-order valence-electron chi connectivity index (χ3n) is 3.52. The maximum absolute atomic E-state index is 5.92. The summed E-state index contributed by atoms with van der Waals surface area (Å²) in [5, 5.41) is 4.17. The van der Waals surface area contributed by atoms with Crippen molar-refractivity contribution in [1.29, 1.82) is 0 Å². The van der Waals surface area contributed by atoms with Gasteiger partial charge in [-0.1, -0.05) is 35.9 Å². The van der Waals surface area contributed by atoms with E-state index in [1.165, 1.54) is 5.56 Å². The van der Waals surface area contributed by atoms with Crippen molar-refractivity contribution in [3.63, 3.8) is 0 Å². The number of thioether (sulfide) groups is 1. The fourth-order valence-electron chi connectivity index (χ4n) is 2.36. The molecule has 2 atom stereocenters. The number of rotatable bonds is 2. The fourth-order valence-corrected chi connectivity index (χ4v) is 3.31. The first-order valence-corrected chi connectivity index (χ1v) is 8.04. The molecule has 110 valence electrons. The Bertz CT molecular complexity index is 740. The molecule has 22 heavy (non-hydrogen) atoms. The van der Waals surface area contributed by atoms with E-state index in [4.69, 9.17) is 4.74 Å². The van der Waals surface area contributed by atoms with E-state index in [0.717, 1.165) is 16.4 Å². The second-order valence-electron chi connectivity index (χ2n) is 5.24. The zero-order valence-corrected chi connectivity index (χ0v) is 12.9. The molecule has 1 N–H and O–H groups in total. The zero-order chi connectivity index (χ0) is 14.9. The minimum absolute atomic E-state index is 0.0665. The maximum Gasteiger partial charge on any atom is 0.219 e. The van der Waals surface area contributed by atoms with Gasteiger partial charge in [0.1, 0.15) is 0 Å². The lowest BCUT2D eigenvalue weighted by Crippen LogP contribution is -2.13. The molecule has 0 radical (unpaired) electrons. The molecule has 2 aromatic rings. The van der Waals surface area contributed by atoms with Crippen molar-refractivity contribution in [1.82, 2.24) is 0 Å². The van der Waals surface area contributed by atoms with Gasteiger partial charge >= 0.3 is 0 Å². The first-order valence-electron chi connectivity index (χ1n) is 7.16. The van der Waals surface area contributed by atoms with Gasteiger partial charge in [0.2, 0.25) is 5.90 Å². The molecule has 0 bridgehead atoms. The maximum atomic E-state index is 5.92. The van der Waals surface area contributed by atoms with Crippen LogP contribution >= 0.6 is 11.8 Å². The van der Waals surface area contributed by atoms with E-state index in [-0.39, 0.29) is 11.6 Å². The minimum Gasteiger partial charge on any atom is -0.458 e. The number of nitrogens with one attached hydrogen (secondary N) is 1. The highest BCUT2D eigenvalue weighted by molar-refractivity contribution is 8.14. The van der Waals surface area contributed by atoms with Crippen molar-refractivity contribution < 1.29 is 4.74 Å². The molecule has 0 fully saturated rings. The smallest absolute Gasteiger partial charge is 0.219 e. The summed E-state index contributed by atoms with van der Waals surface area (Å²) in [5.74, 6) is 0.682. The van der Waals surface area contributed by atoms with E-state index in [9.17, 15) is 0 Å². The Kier molecular flexibility index (Phi) is 3.35. The number of aliphatic imine (C=N–C) groups is 2. The van der Waals surface area contributed by atoms with Crippen LogP contribution in [0.5, 0.6) is 0 Å². The molecule has 4 rings (SSSR count). The van der Waals surface area contributed by atoms with Crippen molar-refractivity contribution in [2.75, 3.05) is 5.32 Å². The molecule has 0 aliphatic carbocycles. The SMILES string of the molecule is Cc1ccc(NC2=NC3N=C(c4ccccc4)OC3S2)cc1. The van der Waals surface area contributed by atoms with Gasteiger partial charge in [-0.15, -0.1) is 0 Å². The van der Waals surface area contributed by atoms with Crippen LogP contribution in [0.2, 0.25) is 0 Å². The molecule has 0 amide bonds. The Morgan fingerprint density at radius 1 is 1.00 bits per heavy atom. The highest BCUT2D eigenvalue weighted by Gasteiger charge is 2.38. The minimum atomic E-state index is -0.159. The van der Waals surface area contributed by atoms with Crippen LogP contribution in [0.4, 0.5) is 5.69 Å². The van der Waals surface area contributed by atoms with Crippen LogP contribution in [0.25, 0.3) is 0 Å². The number of amidine groups is 1. The predicted molar refractivity (Wildman–Crippen MR) is 91.5 cm³/mol. The summed E-state index contributed by atoms with van der Waals surface area (Å²) in [6.45, 7) is 2.07. The number of hydrogen-bond donors (Lipinski definition) is 1. The lowest BCUT2D eigenvalue weighted by atomic mass is 10.2. The number of benzene rings is 2. The Labute approximate surface area is 133 Å². The van der Waals surface area contributed by atoms with Crippen LogP contribution in [0, 0.1) is 6.92 Å². The molecule has 2 aliphatic rings. The quantitative estimate of drug-likeness (QED) is 0.921. The molecule has 0 spiro atoms. The van der Waals surface area contributed by atoms with Gasteiger partial charge in [-0.3, -0.25) is 0 Å². The summed E-state index contributed by atoms with van der Waals surface area (Å²) in [5.41, 5.74) is 3.21. The first kappa shape index (κ1) is 13.4. The summed E-state index contributed by atoms with van der Waals surface area (Å²) in [6.07, 6.45) is -0.159. The average Bonchev–Trinajstić information content (AvgIpc) is 3.09. The van der Waals surface area contributed by atoms with Crippen LogP contribution < -0.4 is 5.32 Å². The van der Waals surface area contributed by atoms with Crippen LogP contribution in [-0.2, 0) is 4.74 Å². The van der Waals surface area contributed by atoms with Crippen molar-refractivity contribution in [2.24, 2.45) is 9.98 Å². The standard InChI is InChI=1S/C17H15N3OS/c1-11-7-9-13(10-8-11)18-17-20-14-16(22-17)21-15(19-14)12-5-3-2-4-6-12/h2-10,14,16H,1H3,(H,18,20). The zero-order valence-electron chi connectivity index (χ0n) is 12.1. The number of hydrogen-bond acceptors (Lipinski definition) is 5. The van der Waals surface area contributed by atoms with E-state index >= 15 is 0 Å². The van der Waals surface area contributed by atoms with E-state index in [2.05, 4.69) is 34.4 Å². The van der Waals surface area contributed by atoms with Crippen molar-refractivity contribution in [3.8, 4) is 0 Å². The lowest BCUT2D eigenvalue weighted by Gasteiger charge is -2.09. The average molecular weight is 309 g/mol. The van der Waals surface area contributed by atoms with Crippen molar-refractivity contribution >= 4 is 28.5 Å². The second-order valence-corrected chi connectivity index (χ2v) is 6.33. The van der Waals surface area contributed by atoms with E-state index in [1.54, 1.807) is 11.8 Å². The van der Waals surface area contributed by atoms with E-state index in [1.807, 2.05) is 42.5 Å². The summed E-state index contributed by atoms with van der Waals surface area (Å²) in [6, 6.07) is 18.2. The highest BCUT2D eigenvalue weighted by Crippen LogP contribution is 2.34. The van der Waals surface area contributed by atoms with Crippen LogP contribution in [-0.4, -0.2) is 22.7 Å². The molecule has 4 nitrogen and oxygen atoms in total. The van der Waals surface area contributed by atoms with Gasteiger partial charge in [-0.25, -0.2) is 9.98 Å². The Hall–Kier alpha value is -2.27. The Morgan fingerprint density at radius 2 is 1.77 bits per heavy atom. The summed E-state index contributed by atoms with van der Waals surface area (Å²) >= 11 is 1.58. The molecule has 0 saturated heterocycles.